The lowest BCUT2D eigenvalue weighted by Crippen LogP contribution is -2.53. The van der Waals surface area contributed by atoms with Gasteiger partial charge in [0.2, 0.25) is 21.8 Å². The maximum absolute atomic E-state index is 13.6. The molecule has 2 amide bonds. The molecule has 180 valence electrons. The summed E-state index contributed by atoms with van der Waals surface area (Å²) in [4.78, 5) is 28.0. The highest BCUT2D eigenvalue weighted by atomic mass is 32.2. The highest BCUT2D eigenvalue weighted by molar-refractivity contribution is 7.92. The summed E-state index contributed by atoms with van der Waals surface area (Å²) in [5, 5.41) is 2.88. The molecule has 0 unspecified atom stereocenters. The van der Waals surface area contributed by atoms with Crippen LogP contribution in [0, 0.1) is 13.8 Å². The van der Waals surface area contributed by atoms with Crippen LogP contribution in [0.1, 0.15) is 43.9 Å². The third-order valence-corrected chi connectivity index (χ3v) is 6.44. The molecule has 8 heteroatoms. The minimum absolute atomic E-state index is 0.0806. The molecular formula is C25H35N3O4S. The van der Waals surface area contributed by atoms with Crippen LogP contribution < -0.4 is 9.62 Å². The van der Waals surface area contributed by atoms with Gasteiger partial charge in [-0.05, 0) is 51.3 Å². The molecule has 0 saturated carbocycles. The summed E-state index contributed by atoms with van der Waals surface area (Å²) in [5.41, 5.74) is 3.07. The number of amides is 2. The molecule has 2 aromatic rings. The van der Waals surface area contributed by atoms with Crippen LogP contribution in [0.15, 0.2) is 48.5 Å². The van der Waals surface area contributed by atoms with E-state index in [2.05, 4.69) is 5.32 Å². The SMILES string of the molecule is CC[C@H](C(=O)NC(C)C)N(Cc1ccccc1)C(=O)CN(c1ccc(C)cc1C)S(C)(=O)=O. The highest BCUT2D eigenvalue weighted by Gasteiger charge is 2.32. The third kappa shape index (κ3) is 7.32. The smallest absolute Gasteiger partial charge is 0.244 e. The molecule has 7 nitrogen and oxygen atoms in total. The fourth-order valence-electron chi connectivity index (χ4n) is 3.76. The summed E-state index contributed by atoms with van der Waals surface area (Å²) in [6.07, 6.45) is 1.49. The number of carbonyl (C=O) groups is 2. The molecule has 0 fully saturated rings. The van der Waals surface area contributed by atoms with Gasteiger partial charge in [-0.25, -0.2) is 8.42 Å². The van der Waals surface area contributed by atoms with Crippen LogP contribution in [-0.2, 0) is 26.2 Å². The Labute approximate surface area is 197 Å². The molecule has 0 spiro atoms. The molecule has 0 heterocycles. The van der Waals surface area contributed by atoms with E-state index in [9.17, 15) is 18.0 Å². The van der Waals surface area contributed by atoms with E-state index >= 15 is 0 Å². The van der Waals surface area contributed by atoms with Gasteiger partial charge in [-0.1, -0.05) is 55.0 Å². The monoisotopic (exact) mass is 473 g/mol. The first kappa shape index (κ1) is 26.4. The maximum atomic E-state index is 13.6. The molecule has 0 radical (unpaired) electrons. The largest absolute Gasteiger partial charge is 0.352 e. The zero-order chi connectivity index (χ0) is 24.8. The van der Waals surface area contributed by atoms with E-state index in [-0.39, 0.29) is 25.0 Å². The molecule has 33 heavy (non-hydrogen) atoms. The van der Waals surface area contributed by atoms with Crippen molar-refractivity contribution in [2.45, 2.75) is 59.7 Å². The Hall–Kier alpha value is -2.87. The van der Waals surface area contributed by atoms with Gasteiger partial charge in [0.05, 0.1) is 11.9 Å². The zero-order valence-corrected chi connectivity index (χ0v) is 21.1. The van der Waals surface area contributed by atoms with Gasteiger partial charge in [-0.3, -0.25) is 13.9 Å². The average molecular weight is 474 g/mol. The van der Waals surface area contributed by atoms with Gasteiger partial charge in [-0.2, -0.15) is 0 Å². The van der Waals surface area contributed by atoms with Crippen molar-refractivity contribution in [1.29, 1.82) is 0 Å². The Bertz CT molecular complexity index is 1070. The summed E-state index contributed by atoms with van der Waals surface area (Å²) in [6, 6.07) is 14.0. The molecule has 0 bridgehead atoms. The number of benzene rings is 2. The first-order valence-electron chi connectivity index (χ1n) is 11.1. The number of carbonyl (C=O) groups excluding carboxylic acids is 2. The van der Waals surface area contributed by atoms with E-state index in [1.54, 1.807) is 6.07 Å². The zero-order valence-electron chi connectivity index (χ0n) is 20.3. The van der Waals surface area contributed by atoms with Crippen molar-refractivity contribution in [3.63, 3.8) is 0 Å². The van der Waals surface area contributed by atoms with Crippen molar-refractivity contribution in [3.8, 4) is 0 Å². The minimum Gasteiger partial charge on any atom is -0.352 e. The second-order valence-corrected chi connectivity index (χ2v) is 10.6. The molecule has 0 aliphatic heterocycles. The van der Waals surface area contributed by atoms with Gasteiger partial charge in [0.1, 0.15) is 12.6 Å². The number of nitrogens with zero attached hydrogens (tertiary/aromatic N) is 2. The van der Waals surface area contributed by atoms with E-state index < -0.39 is 22.0 Å². The Morgan fingerprint density at radius 3 is 2.18 bits per heavy atom. The topological polar surface area (TPSA) is 86.8 Å². The number of aryl methyl sites for hydroxylation is 2. The second-order valence-electron chi connectivity index (χ2n) is 8.65. The summed E-state index contributed by atoms with van der Waals surface area (Å²) in [6.45, 7) is 9.12. The van der Waals surface area contributed by atoms with Crippen molar-refractivity contribution in [1.82, 2.24) is 10.2 Å². The van der Waals surface area contributed by atoms with Crippen molar-refractivity contribution in [2.75, 3.05) is 17.1 Å². The molecule has 0 aromatic heterocycles. The van der Waals surface area contributed by atoms with Crippen LogP contribution in [0.5, 0.6) is 0 Å². The van der Waals surface area contributed by atoms with Crippen LogP contribution in [0.2, 0.25) is 0 Å². The molecular weight excluding hydrogens is 438 g/mol. The van der Waals surface area contributed by atoms with E-state index in [0.29, 0.717) is 12.1 Å². The molecule has 0 saturated heterocycles. The van der Waals surface area contributed by atoms with Crippen LogP contribution in [0.3, 0.4) is 0 Å². The fraction of sp³-hybridized carbons (Fsp3) is 0.440. The third-order valence-electron chi connectivity index (χ3n) is 5.31. The van der Waals surface area contributed by atoms with Crippen LogP contribution >= 0.6 is 0 Å². The van der Waals surface area contributed by atoms with E-state index in [1.807, 2.05) is 77.1 Å². The number of rotatable bonds is 10. The summed E-state index contributed by atoms with van der Waals surface area (Å²) in [5.74, 6) is -0.691. The number of hydrogen-bond donors (Lipinski definition) is 1. The summed E-state index contributed by atoms with van der Waals surface area (Å²) >= 11 is 0. The fourth-order valence-corrected chi connectivity index (χ4v) is 4.67. The quantitative estimate of drug-likeness (QED) is 0.573. The first-order valence-corrected chi connectivity index (χ1v) is 13.0. The second kappa shape index (κ2) is 11.3. The number of hydrogen-bond acceptors (Lipinski definition) is 4. The Morgan fingerprint density at radius 2 is 1.67 bits per heavy atom. The molecule has 1 atom stereocenters. The highest BCUT2D eigenvalue weighted by Crippen LogP contribution is 2.24. The van der Waals surface area contributed by atoms with Crippen molar-refractivity contribution >= 4 is 27.5 Å². The van der Waals surface area contributed by atoms with E-state index in [0.717, 1.165) is 27.3 Å². The molecule has 0 aliphatic carbocycles. The van der Waals surface area contributed by atoms with Crippen LogP contribution in [0.4, 0.5) is 5.69 Å². The minimum atomic E-state index is -3.74. The van der Waals surface area contributed by atoms with Gasteiger partial charge in [0.25, 0.3) is 0 Å². The standard InChI is InChI=1S/C25H35N3O4S/c1-7-22(25(30)26-18(2)3)27(16-21-11-9-8-10-12-21)24(29)17-28(33(6,31)32)23-14-13-19(4)15-20(23)5/h8-15,18,22H,7,16-17H2,1-6H3,(H,26,30)/t22-/m1/s1. The molecule has 2 aromatic carbocycles. The van der Waals surface area contributed by atoms with Gasteiger partial charge < -0.3 is 10.2 Å². The van der Waals surface area contributed by atoms with Crippen molar-refractivity contribution < 1.29 is 18.0 Å². The number of sulfonamides is 1. The Balaban J connectivity index is 2.45. The van der Waals surface area contributed by atoms with Crippen LogP contribution in [-0.4, -0.2) is 50.0 Å². The van der Waals surface area contributed by atoms with Gasteiger partial charge in [0.15, 0.2) is 0 Å². The van der Waals surface area contributed by atoms with Gasteiger partial charge in [0, 0.05) is 12.6 Å². The Kier molecular flexibility index (Phi) is 9.05. The molecule has 2 rings (SSSR count). The van der Waals surface area contributed by atoms with E-state index in [4.69, 9.17) is 0 Å². The van der Waals surface area contributed by atoms with Crippen molar-refractivity contribution in [2.24, 2.45) is 0 Å². The lowest BCUT2D eigenvalue weighted by Gasteiger charge is -2.33. The first-order chi connectivity index (χ1) is 15.4. The lowest BCUT2D eigenvalue weighted by atomic mass is 10.1. The van der Waals surface area contributed by atoms with E-state index in [1.165, 1.54) is 4.90 Å². The summed E-state index contributed by atoms with van der Waals surface area (Å²) in [7, 11) is -3.74. The number of anilines is 1. The molecule has 0 aliphatic rings. The maximum Gasteiger partial charge on any atom is 0.244 e. The summed E-state index contributed by atoms with van der Waals surface area (Å²) < 4.78 is 26.5. The Morgan fingerprint density at radius 1 is 1.03 bits per heavy atom. The van der Waals surface area contributed by atoms with Crippen LogP contribution in [0.25, 0.3) is 0 Å². The van der Waals surface area contributed by atoms with Gasteiger partial charge >= 0.3 is 0 Å². The predicted octanol–water partition coefficient (Wildman–Crippen LogP) is 3.40. The average Bonchev–Trinajstić information content (AvgIpc) is 2.71. The normalized spacial score (nSPS) is 12.3. The van der Waals surface area contributed by atoms with Gasteiger partial charge in [-0.15, -0.1) is 0 Å². The lowest BCUT2D eigenvalue weighted by molar-refractivity contribution is -0.140. The van der Waals surface area contributed by atoms with Crippen molar-refractivity contribution in [3.05, 3.63) is 65.2 Å². The molecule has 1 N–H and O–H groups in total. The predicted molar refractivity (Wildman–Crippen MR) is 132 cm³/mol. The number of nitrogens with one attached hydrogen (secondary N) is 1.